The second-order valence-corrected chi connectivity index (χ2v) is 5.41. The molecule has 4 nitrogen and oxygen atoms in total. The van der Waals surface area contributed by atoms with Crippen molar-refractivity contribution in [3.8, 4) is 10.8 Å². The maximum atomic E-state index is 5.85. The van der Waals surface area contributed by atoms with Gasteiger partial charge in [0.15, 0.2) is 0 Å². The first-order valence-electron chi connectivity index (χ1n) is 6.93. The van der Waals surface area contributed by atoms with E-state index >= 15 is 0 Å². The molecule has 1 atom stereocenters. The van der Waals surface area contributed by atoms with E-state index in [-0.39, 0.29) is 6.04 Å². The third-order valence-electron chi connectivity index (χ3n) is 3.11. The van der Waals surface area contributed by atoms with Crippen LogP contribution in [-0.2, 0) is 6.42 Å². The molecular formula is C14H21N3OS. The zero-order valence-corrected chi connectivity index (χ0v) is 12.6. The molecule has 0 radical (unpaired) electrons. The van der Waals surface area contributed by atoms with E-state index in [0.29, 0.717) is 11.8 Å². The monoisotopic (exact) mass is 279 g/mol. The minimum atomic E-state index is 0.159. The van der Waals surface area contributed by atoms with Crippen LogP contribution in [-0.4, -0.2) is 16.7 Å². The molecule has 0 aliphatic carbocycles. The fourth-order valence-corrected chi connectivity index (χ4v) is 2.91. The van der Waals surface area contributed by atoms with E-state index in [9.17, 15) is 0 Å². The van der Waals surface area contributed by atoms with E-state index in [1.807, 2.05) is 0 Å². The molecule has 1 N–H and O–H groups in total. The van der Waals surface area contributed by atoms with Crippen LogP contribution in [0.15, 0.2) is 15.9 Å². The predicted octanol–water partition coefficient (Wildman–Crippen LogP) is 3.81. The lowest BCUT2D eigenvalue weighted by atomic mass is 10.2. The SMILES string of the molecule is CCCNC(CC)c1nnc(-c2sccc2CC)o1. The molecule has 19 heavy (non-hydrogen) atoms. The first-order valence-corrected chi connectivity index (χ1v) is 7.81. The summed E-state index contributed by atoms with van der Waals surface area (Å²) in [5, 5.41) is 13.9. The molecule has 2 aromatic heterocycles. The lowest BCUT2D eigenvalue weighted by Crippen LogP contribution is -2.21. The Hall–Kier alpha value is -1.20. The summed E-state index contributed by atoms with van der Waals surface area (Å²) in [6.45, 7) is 7.38. The van der Waals surface area contributed by atoms with Crippen molar-refractivity contribution in [3.05, 3.63) is 22.9 Å². The summed E-state index contributed by atoms with van der Waals surface area (Å²) in [5.74, 6) is 1.35. The van der Waals surface area contributed by atoms with Crippen molar-refractivity contribution in [1.82, 2.24) is 15.5 Å². The van der Waals surface area contributed by atoms with Gasteiger partial charge in [-0.25, -0.2) is 0 Å². The van der Waals surface area contributed by atoms with Gasteiger partial charge in [0.25, 0.3) is 5.89 Å². The second-order valence-electron chi connectivity index (χ2n) is 4.49. The molecule has 0 amide bonds. The van der Waals surface area contributed by atoms with Gasteiger partial charge in [-0.3, -0.25) is 0 Å². The van der Waals surface area contributed by atoms with Crippen LogP contribution in [0.25, 0.3) is 10.8 Å². The Morgan fingerprint density at radius 2 is 2.16 bits per heavy atom. The van der Waals surface area contributed by atoms with Crippen LogP contribution in [0.1, 0.15) is 51.1 Å². The highest BCUT2D eigenvalue weighted by Gasteiger charge is 2.18. The maximum Gasteiger partial charge on any atom is 0.258 e. The van der Waals surface area contributed by atoms with Crippen LogP contribution in [0.4, 0.5) is 0 Å². The summed E-state index contributed by atoms with van der Waals surface area (Å²) >= 11 is 1.66. The fraction of sp³-hybridized carbons (Fsp3) is 0.571. The molecule has 2 heterocycles. The number of rotatable bonds is 7. The van der Waals surface area contributed by atoms with Crippen LogP contribution in [0, 0.1) is 0 Å². The van der Waals surface area contributed by atoms with Crippen molar-refractivity contribution in [3.63, 3.8) is 0 Å². The summed E-state index contributed by atoms with van der Waals surface area (Å²) in [7, 11) is 0. The van der Waals surface area contributed by atoms with Crippen molar-refractivity contribution in [1.29, 1.82) is 0 Å². The van der Waals surface area contributed by atoms with Crippen LogP contribution < -0.4 is 5.32 Å². The number of aryl methyl sites for hydroxylation is 1. The summed E-state index contributed by atoms with van der Waals surface area (Å²) in [4.78, 5) is 1.10. The van der Waals surface area contributed by atoms with E-state index in [0.717, 1.165) is 30.7 Å². The van der Waals surface area contributed by atoms with Gasteiger partial charge in [0.1, 0.15) is 0 Å². The number of nitrogens with zero attached hydrogens (tertiary/aromatic N) is 2. The molecule has 0 fully saturated rings. The van der Waals surface area contributed by atoms with E-state index in [1.165, 1.54) is 5.56 Å². The fourth-order valence-electron chi connectivity index (χ4n) is 1.99. The highest BCUT2D eigenvalue weighted by molar-refractivity contribution is 7.13. The number of nitrogens with one attached hydrogen (secondary N) is 1. The predicted molar refractivity (Wildman–Crippen MR) is 78.3 cm³/mol. The smallest absolute Gasteiger partial charge is 0.258 e. The van der Waals surface area contributed by atoms with Crippen molar-refractivity contribution in [2.45, 2.75) is 46.1 Å². The molecule has 2 aromatic rings. The summed E-state index contributed by atoms with van der Waals surface area (Å²) in [6.07, 6.45) is 3.04. The molecule has 2 rings (SSSR count). The van der Waals surface area contributed by atoms with Crippen molar-refractivity contribution in [2.24, 2.45) is 0 Å². The first-order chi connectivity index (χ1) is 9.30. The van der Waals surface area contributed by atoms with Crippen LogP contribution in [0.5, 0.6) is 0 Å². The van der Waals surface area contributed by atoms with Gasteiger partial charge < -0.3 is 9.73 Å². The van der Waals surface area contributed by atoms with E-state index < -0.39 is 0 Å². The van der Waals surface area contributed by atoms with E-state index in [2.05, 4.69) is 47.7 Å². The van der Waals surface area contributed by atoms with Crippen molar-refractivity contribution < 1.29 is 4.42 Å². The average Bonchev–Trinajstić information content (AvgIpc) is 3.07. The molecule has 0 aromatic carbocycles. The minimum Gasteiger partial charge on any atom is -0.418 e. The number of aromatic nitrogens is 2. The van der Waals surface area contributed by atoms with E-state index in [4.69, 9.17) is 4.42 Å². The molecular weight excluding hydrogens is 258 g/mol. The minimum absolute atomic E-state index is 0.159. The molecule has 5 heteroatoms. The van der Waals surface area contributed by atoms with Crippen LogP contribution in [0.3, 0.4) is 0 Å². The van der Waals surface area contributed by atoms with Gasteiger partial charge in [-0.15, -0.1) is 21.5 Å². The van der Waals surface area contributed by atoms with E-state index in [1.54, 1.807) is 11.3 Å². The Bertz CT molecular complexity index is 506. The Morgan fingerprint density at radius 1 is 1.32 bits per heavy atom. The molecule has 0 bridgehead atoms. The van der Waals surface area contributed by atoms with Gasteiger partial charge in [0.05, 0.1) is 10.9 Å². The lowest BCUT2D eigenvalue weighted by Gasteiger charge is -2.11. The zero-order chi connectivity index (χ0) is 13.7. The Labute approximate surface area is 118 Å². The maximum absolute atomic E-state index is 5.85. The third kappa shape index (κ3) is 3.22. The van der Waals surface area contributed by atoms with Gasteiger partial charge in [0, 0.05) is 0 Å². The molecule has 0 aliphatic heterocycles. The second kappa shape index (κ2) is 6.82. The third-order valence-corrected chi connectivity index (χ3v) is 4.05. The average molecular weight is 279 g/mol. The molecule has 0 spiro atoms. The highest BCUT2D eigenvalue weighted by Crippen LogP contribution is 2.30. The topological polar surface area (TPSA) is 51.0 Å². The number of hydrogen-bond donors (Lipinski definition) is 1. The molecule has 0 aliphatic rings. The van der Waals surface area contributed by atoms with Crippen LogP contribution in [0.2, 0.25) is 0 Å². The van der Waals surface area contributed by atoms with Gasteiger partial charge in [-0.2, -0.15) is 0 Å². The molecule has 0 saturated heterocycles. The van der Waals surface area contributed by atoms with Crippen molar-refractivity contribution in [2.75, 3.05) is 6.54 Å². The summed E-state index contributed by atoms with van der Waals surface area (Å²) in [5.41, 5.74) is 1.27. The molecule has 0 saturated carbocycles. The first kappa shape index (κ1) is 14.2. The van der Waals surface area contributed by atoms with Crippen molar-refractivity contribution >= 4 is 11.3 Å². The molecule has 104 valence electrons. The number of hydrogen-bond acceptors (Lipinski definition) is 5. The van der Waals surface area contributed by atoms with Crippen LogP contribution >= 0.6 is 11.3 Å². The van der Waals surface area contributed by atoms with Gasteiger partial charge in [-0.1, -0.05) is 20.8 Å². The lowest BCUT2D eigenvalue weighted by molar-refractivity contribution is 0.396. The van der Waals surface area contributed by atoms with Gasteiger partial charge in [0.2, 0.25) is 5.89 Å². The summed E-state index contributed by atoms with van der Waals surface area (Å²) < 4.78 is 5.85. The quantitative estimate of drug-likeness (QED) is 0.837. The summed E-state index contributed by atoms with van der Waals surface area (Å²) in [6, 6.07) is 2.28. The Morgan fingerprint density at radius 3 is 2.84 bits per heavy atom. The molecule has 1 unspecified atom stereocenters. The Balaban J connectivity index is 2.18. The van der Waals surface area contributed by atoms with Gasteiger partial charge in [-0.05, 0) is 42.8 Å². The highest BCUT2D eigenvalue weighted by atomic mass is 32.1. The number of thiophene rings is 1. The Kier molecular flexibility index (Phi) is 5.10. The van der Waals surface area contributed by atoms with Gasteiger partial charge >= 0.3 is 0 Å². The zero-order valence-electron chi connectivity index (χ0n) is 11.8. The standard InChI is InChI=1S/C14H21N3OS/c1-4-8-15-11(6-3)13-16-17-14(18-13)12-10(5-2)7-9-19-12/h7,9,11,15H,4-6,8H2,1-3H3. The normalized spacial score (nSPS) is 12.8. The largest absolute Gasteiger partial charge is 0.418 e.